The quantitative estimate of drug-likeness (QED) is 0.843. The average Bonchev–Trinajstić information content (AvgIpc) is 2.30. The maximum absolute atomic E-state index is 11.3. The van der Waals surface area contributed by atoms with Crippen LogP contribution in [-0.2, 0) is 16.1 Å². The van der Waals surface area contributed by atoms with Crippen molar-refractivity contribution in [2.75, 3.05) is 20.2 Å². The summed E-state index contributed by atoms with van der Waals surface area (Å²) in [5, 5.41) is 2.28. The minimum atomic E-state index is -0.259. The Kier molecular flexibility index (Phi) is 3.98. The summed E-state index contributed by atoms with van der Waals surface area (Å²) in [6.45, 7) is 0.988. The van der Waals surface area contributed by atoms with Crippen LogP contribution in [0.15, 0.2) is 22.7 Å². The van der Waals surface area contributed by atoms with Crippen LogP contribution in [0, 0.1) is 0 Å². The third-order valence-corrected chi connectivity index (χ3v) is 3.43. The first-order chi connectivity index (χ1) is 8.58. The molecule has 0 radical (unpaired) electrons. The predicted octanol–water partition coefficient (Wildman–Crippen LogP) is 0.916. The zero-order valence-electron chi connectivity index (χ0n) is 9.90. The van der Waals surface area contributed by atoms with E-state index < -0.39 is 0 Å². The molecule has 96 valence electrons. The second-order valence-electron chi connectivity index (χ2n) is 4.07. The summed E-state index contributed by atoms with van der Waals surface area (Å²) in [6.07, 6.45) is 0. The van der Waals surface area contributed by atoms with Crippen molar-refractivity contribution >= 4 is 27.7 Å². The van der Waals surface area contributed by atoms with Crippen molar-refractivity contribution in [3.63, 3.8) is 0 Å². The fourth-order valence-corrected chi connectivity index (χ4v) is 2.22. The van der Waals surface area contributed by atoms with E-state index in [1.165, 1.54) is 0 Å². The molecule has 1 aliphatic rings. The molecule has 1 saturated heterocycles. The zero-order valence-corrected chi connectivity index (χ0v) is 11.5. The van der Waals surface area contributed by atoms with Gasteiger partial charge in [0.1, 0.15) is 5.75 Å². The molecule has 0 aliphatic carbocycles. The number of hydrogen-bond acceptors (Lipinski definition) is 4. The molecule has 1 fully saturated rings. The first-order valence-electron chi connectivity index (χ1n) is 5.46. The molecule has 0 unspecified atom stereocenters. The van der Waals surface area contributed by atoms with Crippen LogP contribution in [0.3, 0.4) is 0 Å². The Balaban J connectivity index is 2.13. The number of halogens is 1. The van der Waals surface area contributed by atoms with Gasteiger partial charge in [0.15, 0.2) is 0 Å². The van der Waals surface area contributed by atoms with Crippen LogP contribution in [0.4, 0.5) is 0 Å². The maximum atomic E-state index is 11.3. The zero-order chi connectivity index (χ0) is 13.1. The molecule has 0 saturated carbocycles. The fourth-order valence-electron chi connectivity index (χ4n) is 1.85. The number of carbonyl (C=O) groups excluding carboxylic acids is 2. The molecule has 18 heavy (non-hydrogen) atoms. The molecule has 0 bridgehead atoms. The summed E-state index contributed by atoms with van der Waals surface area (Å²) in [6, 6.07) is 5.63. The van der Waals surface area contributed by atoms with E-state index in [1.807, 2.05) is 18.2 Å². The van der Waals surface area contributed by atoms with Gasteiger partial charge < -0.3 is 4.74 Å². The Morgan fingerprint density at radius 1 is 1.33 bits per heavy atom. The number of nitrogens with zero attached hydrogens (tertiary/aromatic N) is 1. The Bertz CT molecular complexity index is 474. The highest BCUT2D eigenvalue weighted by atomic mass is 79.9. The summed E-state index contributed by atoms with van der Waals surface area (Å²) in [5.41, 5.74) is 0.983. The molecule has 1 aromatic carbocycles. The lowest BCUT2D eigenvalue weighted by molar-refractivity contribution is -0.136. The van der Waals surface area contributed by atoms with E-state index in [1.54, 1.807) is 12.0 Å². The smallest absolute Gasteiger partial charge is 0.240 e. The third kappa shape index (κ3) is 3.08. The van der Waals surface area contributed by atoms with Gasteiger partial charge in [-0.1, -0.05) is 15.9 Å². The summed E-state index contributed by atoms with van der Waals surface area (Å²) >= 11 is 3.45. The van der Waals surface area contributed by atoms with E-state index in [4.69, 9.17) is 4.74 Å². The van der Waals surface area contributed by atoms with Gasteiger partial charge in [0.2, 0.25) is 11.8 Å². The van der Waals surface area contributed by atoms with E-state index >= 15 is 0 Å². The molecular weight excluding hydrogens is 300 g/mol. The standard InChI is InChI=1S/C12H13BrN2O3/c1-18-9-2-3-10(13)8(4-9)5-15-6-11(16)14-12(17)7-15/h2-4H,5-7H2,1H3,(H,14,16,17). The first-order valence-corrected chi connectivity index (χ1v) is 6.25. The van der Waals surface area contributed by atoms with Gasteiger partial charge in [-0.2, -0.15) is 0 Å². The molecule has 0 aromatic heterocycles. The van der Waals surface area contributed by atoms with Gasteiger partial charge in [-0.3, -0.25) is 19.8 Å². The second kappa shape index (κ2) is 5.49. The van der Waals surface area contributed by atoms with E-state index in [-0.39, 0.29) is 24.9 Å². The normalized spacial score (nSPS) is 16.6. The number of carbonyl (C=O) groups is 2. The van der Waals surface area contributed by atoms with Crippen molar-refractivity contribution in [3.05, 3.63) is 28.2 Å². The Morgan fingerprint density at radius 3 is 2.61 bits per heavy atom. The molecular formula is C12H13BrN2O3. The van der Waals surface area contributed by atoms with Crippen molar-refractivity contribution in [2.24, 2.45) is 0 Å². The van der Waals surface area contributed by atoms with Crippen LogP contribution in [-0.4, -0.2) is 36.9 Å². The Hall–Kier alpha value is -1.40. The molecule has 0 spiro atoms. The molecule has 2 amide bonds. The number of rotatable bonds is 3. The van der Waals surface area contributed by atoms with E-state index in [2.05, 4.69) is 21.2 Å². The lowest BCUT2D eigenvalue weighted by Crippen LogP contribution is -2.50. The van der Waals surface area contributed by atoms with Gasteiger partial charge in [-0.05, 0) is 23.8 Å². The number of benzene rings is 1. The number of amides is 2. The number of ether oxygens (including phenoxy) is 1. The molecule has 1 heterocycles. The lowest BCUT2D eigenvalue weighted by Gasteiger charge is -2.25. The summed E-state index contributed by atoms with van der Waals surface area (Å²) in [7, 11) is 1.60. The van der Waals surface area contributed by atoms with Crippen molar-refractivity contribution in [2.45, 2.75) is 6.54 Å². The highest BCUT2D eigenvalue weighted by Crippen LogP contribution is 2.23. The van der Waals surface area contributed by atoms with Crippen LogP contribution in [0.25, 0.3) is 0 Å². The number of nitrogens with one attached hydrogen (secondary N) is 1. The fraction of sp³-hybridized carbons (Fsp3) is 0.333. The van der Waals surface area contributed by atoms with E-state index in [0.29, 0.717) is 6.54 Å². The molecule has 0 atom stereocenters. The van der Waals surface area contributed by atoms with Crippen molar-refractivity contribution < 1.29 is 14.3 Å². The van der Waals surface area contributed by atoms with Crippen molar-refractivity contribution in [1.82, 2.24) is 10.2 Å². The summed E-state index contributed by atoms with van der Waals surface area (Å²) in [5.74, 6) is 0.233. The predicted molar refractivity (Wildman–Crippen MR) is 69.1 cm³/mol. The SMILES string of the molecule is COc1ccc(Br)c(CN2CC(=O)NC(=O)C2)c1. The molecule has 2 rings (SSSR count). The van der Waals surface area contributed by atoms with Crippen LogP contribution >= 0.6 is 15.9 Å². The van der Waals surface area contributed by atoms with E-state index in [0.717, 1.165) is 15.8 Å². The van der Waals surface area contributed by atoms with Gasteiger partial charge in [0.25, 0.3) is 0 Å². The number of imide groups is 1. The Morgan fingerprint density at radius 2 is 2.00 bits per heavy atom. The highest BCUT2D eigenvalue weighted by Gasteiger charge is 2.22. The topological polar surface area (TPSA) is 58.6 Å². The largest absolute Gasteiger partial charge is 0.497 e. The number of methoxy groups -OCH3 is 1. The minimum Gasteiger partial charge on any atom is -0.497 e. The minimum absolute atomic E-state index is 0.232. The molecule has 1 aliphatic heterocycles. The second-order valence-corrected chi connectivity index (χ2v) is 4.93. The molecule has 6 heteroatoms. The van der Waals surface area contributed by atoms with Gasteiger partial charge in [0, 0.05) is 11.0 Å². The summed E-state index contributed by atoms with van der Waals surface area (Å²) in [4.78, 5) is 24.3. The maximum Gasteiger partial charge on any atom is 0.240 e. The lowest BCUT2D eigenvalue weighted by atomic mass is 10.2. The molecule has 1 aromatic rings. The van der Waals surface area contributed by atoms with Crippen LogP contribution in [0.2, 0.25) is 0 Å². The van der Waals surface area contributed by atoms with Gasteiger partial charge in [-0.15, -0.1) is 0 Å². The average molecular weight is 313 g/mol. The monoisotopic (exact) mass is 312 g/mol. The van der Waals surface area contributed by atoms with Crippen LogP contribution < -0.4 is 10.1 Å². The van der Waals surface area contributed by atoms with E-state index in [9.17, 15) is 9.59 Å². The van der Waals surface area contributed by atoms with Crippen molar-refractivity contribution in [3.8, 4) is 5.75 Å². The van der Waals surface area contributed by atoms with Crippen LogP contribution in [0.1, 0.15) is 5.56 Å². The van der Waals surface area contributed by atoms with Gasteiger partial charge in [0.05, 0.1) is 20.2 Å². The third-order valence-electron chi connectivity index (χ3n) is 2.66. The van der Waals surface area contributed by atoms with Crippen molar-refractivity contribution in [1.29, 1.82) is 0 Å². The molecule has 5 nitrogen and oxygen atoms in total. The Labute approximate surface area is 113 Å². The van der Waals surface area contributed by atoms with Crippen LogP contribution in [0.5, 0.6) is 5.75 Å². The summed E-state index contributed by atoms with van der Waals surface area (Å²) < 4.78 is 6.09. The highest BCUT2D eigenvalue weighted by molar-refractivity contribution is 9.10. The first kappa shape index (κ1) is 13.0. The van der Waals surface area contributed by atoms with Gasteiger partial charge in [-0.25, -0.2) is 0 Å². The molecule has 1 N–H and O–H groups in total. The van der Waals surface area contributed by atoms with Gasteiger partial charge >= 0.3 is 0 Å². The number of hydrogen-bond donors (Lipinski definition) is 1. The number of piperazine rings is 1.